The Kier molecular flexibility index (Phi) is 14.7. The molecule has 0 nitrogen and oxygen atoms in total. The van der Waals surface area contributed by atoms with E-state index in [-0.39, 0.29) is 0 Å². The van der Waals surface area contributed by atoms with Crippen LogP contribution in [0.1, 0.15) is 73.6 Å². The molecule has 14 heavy (non-hydrogen) atoms. The van der Waals surface area contributed by atoms with Gasteiger partial charge in [-0.1, -0.05) is 65.0 Å². The normalized spacial score (nSPS) is 9.36. The van der Waals surface area contributed by atoms with Crippen LogP contribution in [0.5, 0.6) is 0 Å². The first kappa shape index (κ1) is 16.2. The number of allylic oxidation sites excluding steroid dienone is 2. The van der Waals surface area contributed by atoms with Crippen molar-refractivity contribution in [3.8, 4) is 0 Å². The molecule has 0 spiro atoms. The lowest BCUT2D eigenvalue weighted by atomic mass is 10.1. The Balaban J connectivity index is 0. The summed E-state index contributed by atoms with van der Waals surface area (Å²) in [5.74, 6) is 0.903. The average molecular weight is 198 g/mol. The van der Waals surface area contributed by atoms with Crippen molar-refractivity contribution in [1.82, 2.24) is 0 Å². The number of rotatable bonds is 5. The molecular formula is C14H30. The summed E-state index contributed by atoms with van der Waals surface area (Å²) in [6.07, 6.45) is 8.92. The van der Waals surface area contributed by atoms with Crippen molar-refractivity contribution in [3.05, 3.63) is 11.6 Å². The SMILES string of the molecule is CCCC=C(C)C.CCCCC(C)C. The van der Waals surface area contributed by atoms with Gasteiger partial charge in [-0.3, -0.25) is 0 Å². The van der Waals surface area contributed by atoms with Crippen LogP contribution in [0.25, 0.3) is 0 Å². The van der Waals surface area contributed by atoms with Crippen molar-refractivity contribution in [2.75, 3.05) is 0 Å². The minimum Gasteiger partial charge on any atom is -0.0859 e. The molecule has 0 saturated heterocycles. The molecule has 0 aromatic heterocycles. The lowest BCUT2D eigenvalue weighted by molar-refractivity contribution is 0.550. The zero-order valence-corrected chi connectivity index (χ0v) is 11.2. The second-order valence-corrected chi connectivity index (χ2v) is 4.61. The van der Waals surface area contributed by atoms with Gasteiger partial charge in [0.05, 0.1) is 0 Å². The highest BCUT2D eigenvalue weighted by molar-refractivity contribution is 4.92. The predicted octanol–water partition coefficient (Wildman–Crippen LogP) is 5.59. The molecule has 0 unspecified atom stereocenters. The van der Waals surface area contributed by atoms with Crippen LogP contribution in [-0.4, -0.2) is 0 Å². The largest absolute Gasteiger partial charge is 0.0859 e. The van der Waals surface area contributed by atoms with Gasteiger partial charge in [-0.05, 0) is 26.2 Å². The van der Waals surface area contributed by atoms with Gasteiger partial charge in [0.25, 0.3) is 0 Å². The van der Waals surface area contributed by atoms with Gasteiger partial charge in [-0.2, -0.15) is 0 Å². The van der Waals surface area contributed by atoms with Crippen molar-refractivity contribution in [3.63, 3.8) is 0 Å². The predicted molar refractivity (Wildman–Crippen MR) is 68.7 cm³/mol. The zero-order chi connectivity index (χ0) is 11.4. The van der Waals surface area contributed by atoms with Gasteiger partial charge in [-0.25, -0.2) is 0 Å². The van der Waals surface area contributed by atoms with Gasteiger partial charge in [0.1, 0.15) is 0 Å². The monoisotopic (exact) mass is 198 g/mol. The van der Waals surface area contributed by atoms with E-state index in [1.54, 1.807) is 0 Å². The van der Waals surface area contributed by atoms with Crippen molar-refractivity contribution < 1.29 is 0 Å². The Labute approximate surface area is 91.8 Å². The Morgan fingerprint density at radius 2 is 1.64 bits per heavy atom. The fraction of sp³-hybridized carbons (Fsp3) is 0.857. The highest BCUT2D eigenvalue weighted by Gasteiger charge is 1.88. The molecule has 0 saturated carbocycles. The minimum absolute atomic E-state index is 0.903. The van der Waals surface area contributed by atoms with E-state index in [1.807, 2.05) is 0 Å². The van der Waals surface area contributed by atoms with Gasteiger partial charge in [0.2, 0.25) is 0 Å². The van der Waals surface area contributed by atoms with Crippen molar-refractivity contribution >= 4 is 0 Å². The van der Waals surface area contributed by atoms with E-state index in [2.05, 4.69) is 47.6 Å². The van der Waals surface area contributed by atoms with Crippen molar-refractivity contribution in [1.29, 1.82) is 0 Å². The lowest BCUT2D eigenvalue weighted by Gasteiger charge is -1.98. The zero-order valence-electron chi connectivity index (χ0n) is 11.2. The van der Waals surface area contributed by atoms with Gasteiger partial charge < -0.3 is 0 Å². The second kappa shape index (κ2) is 12.7. The third-order valence-corrected chi connectivity index (χ3v) is 1.98. The van der Waals surface area contributed by atoms with Crippen LogP contribution in [0.15, 0.2) is 11.6 Å². The average Bonchev–Trinajstić information content (AvgIpc) is 2.12. The van der Waals surface area contributed by atoms with Crippen LogP contribution >= 0.6 is 0 Å². The molecule has 0 heteroatoms. The van der Waals surface area contributed by atoms with E-state index >= 15 is 0 Å². The van der Waals surface area contributed by atoms with E-state index in [0.29, 0.717) is 0 Å². The van der Waals surface area contributed by atoms with E-state index in [0.717, 1.165) is 5.92 Å². The summed E-state index contributed by atoms with van der Waals surface area (Å²) < 4.78 is 0. The summed E-state index contributed by atoms with van der Waals surface area (Å²) in [5, 5.41) is 0. The molecule has 0 amide bonds. The Bertz CT molecular complexity index is 116. The maximum atomic E-state index is 2.27. The third kappa shape index (κ3) is 22.6. The molecule has 0 aromatic carbocycles. The molecule has 0 heterocycles. The summed E-state index contributed by atoms with van der Waals surface area (Å²) in [5.41, 5.74) is 1.43. The number of unbranched alkanes of at least 4 members (excludes halogenated alkanes) is 2. The van der Waals surface area contributed by atoms with Crippen LogP contribution in [0.3, 0.4) is 0 Å². The standard InChI is InChI=1S/C7H16.C7H14/c2*1-4-5-6-7(2)3/h7H,4-6H2,1-3H3;6H,4-5H2,1-3H3. The number of hydrogen-bond acceptors (Lipinski definition) is 0. The van der Waals surface area contributed by atoms with E-state index in [9.17, 15) is 0 Å². The Morgan fingerprint density at radius 1 is 1.07 bits per heavy atom. The fourth-order valence-corrected chi connectivity index (χ4v) is 1.05. The van der Waals surface area contributed by atoms with Gasteiger partial charge in [0.15, 0.2) is 0 Å². The van der Waals surface area contributed by atoms with Gasteiger partial charge >= 0.3 is 0 Å². The van der Waals surface area contributed by atoms with E-state index < -0.39 is 0 Å². The van der Waals surface area contributed by atoms with E-state index in [4.69, 9.17) is 0 Å². The summed E-state index contributed by atoms with van der Waals surface area (Å²) in [6, 6.07) is 0. The molecule has 86 valence electrons. The quantitative estimate of drug-likeness (QED) is 0.505. The first-order valence-corrected chi connectivity index (χ1v) is 6.17. The molecule has 0 bridgehead atoms. The topological polar surface area (TPSA) is 0 Å². The first-order chi connectivity index (χ1) is 6.54. The molecular weight excluding hydrogens is 168 g/mol. The molecule has 0 fully saturated rings. The maximum Gasteiger partial charge on any atom is -0.0351 e. The molecule has 0 aliphatic carbocycles. The van der Waals surface area contributed by atoms with Gasteiger partial charge in [-0.15, -0.1) is 0 Å². The fourth-order valence-electron chi connectivity index (χ4n) is 1.05. The maximum absolute atomic E-state index is 2.27. The van der Waals surface area contributed by atoms with Crippen molar-refractivity contribution in [2.24, 2.45) is 5.92 Å². The first-order valence-electron chi connectivity index (χ1n) is 6.17. The molecule has 0 rings (SSSR count). The molecule has 0 radical (unpaired) electrons. The molecule has 0 aromatic rings. The van der Waals surface area contributed by atoms with Crippen LogP contribution in [0, 0.1) is 5.92 Å². The molecule has 0 aliphatic heterocycles. The summed E-state index contributed by atoms with van der Waals surface area (Å²) in [4.78, 5) is 0. The van der Waals surface area contributed by atoms with Crippen molar-refractivity contribution in [2.45, 2.75) is 73.6 Å². The lowest BCUT2D eigenvalue weighted by Crippen LogP contribution is -1.83. The van der Waals surface area contributed by atoms with Crippen LogP contribution < -0.4 is 0 Å². The van der Waals surface area contributed by atoms with Crippen LogP contribution in [0.2, 0.25) is 0 Å². The molecule has 0 N–H and O–H groups in total. The molecule has 0 atom stereocenters. The Morgan fingerprint density at radius 3 is 1.79 bits per heavy atom. The Hall–Kier alpha value is -0.260. The summed E-state index contributed by atoms with van der Waals surface area (Å²) in [7, 11) is 0. The smallest absolute Gasteiger partial charge is 0.0351 e. The van der Waals surface area contributed by atoms with E-state index in [1.165, 1.54) is 37.7 Å². The highest BCUT2D eigenvalue weighted by atomic mass is 13.9. The van der Waals surface area contributed by atoms with Crippen LogP contribution in [-0.2, 0) is 0 Å². The molecule has 0 aliphatic rings. The second-order valence-electron chi connectivity index (χ2n) is 4.61. The summed E-state index contributed by atoms with van der Waals surface area (Å²) >= 11 is 0. The minimum atomic E-state index is 0.903. The van der Waals surface area contributed by atoms with Crippen LogP contribution in [0.4, 0.5) is 0 Å². The summed E-state index contributed by atoms with van der Waals surface area (Å²) in [6.45, 7) is 13.2. The number of hydrogen-bond donors (Lipinski definition) is 0. The third-order valence-electron chi connectivity index (χ3n) is 1.98. The highest BCUT2D eigenvalue weighted by Crippen LogP contribution is 2.04. The van der Waals surface area contributed by atoms with Gasteiger partial charge in [0, 0.05) is 0 Å².